The van der Waals surface area contributed by atoms with Crippen molar-refractivity contribution < 1.29 is 14.3 Å². The predicted octanol–water partition coefficient (Wildman–Crippen LogP) is 4.24. The highest BCUT2D eigenvalue weighted by Gasteiger charge is 2.09. The van der Waals surface area contributed by atoms with Gasteiger partial charge >= 0.3 is 5.97 Å². The van der Waals surface area contributed by atoms with Crippen LogP contribution in [0.5, 0.6) is 5.75 Å². The summed E-state index contributed by atoms with van der Waals surface area (Å²) in [4.78, 5) is 11.3. The lowest BCUT2D eigenvalue weighted by molar-refractivity contribution is -0.141. The Bertz CT molecular complexity index is 629. The first-order valence-corrected chi connectivity index (χ1v) is 7.21. The first-order chi connectivity index (χ1) is 10.6. The third-order valence-corrected chi connectivity index (χ3v) is 3.10. The van der Waals surface area contributed by atoms with E-state index in [2.05, 4.69) is 18.7 Å². The number of hydrogen-bond donors (Lipinski definition) is 0. The largest absolute Gasteiger partial charge is 0.487 e. The normalized spacial score (nSPS) is 11.5. The third kappa shape index (κ3) is 4.48. The van der Waals surface area contributed by atoms with Crippen molar-refractivity contribution in [3.8, 4) is 16.9 Å². The maximum Gasteiger partial charge on any atom is 0.333 e. The molecule has 22 heavy (non-hydrogen) atoms. The van der Waals surface area contributed by atoms with E-state index in [1.807, 2.05) is 49.4 Å². The zero-order valence-electron chi connectivity index (χ0n) is 12.9. The molecule has 0 saturated heterocycles. The Hall–Kier alpha value is -2.55. The van der Waals surface area contributed by atoms with E-state index in [1.165, 1.54) is 0 Å². The molecule has 0 aliphatic carbocycles. The van der Waals surface area contributed by atoms with Gasteiger partial charge in [0.15, 0.2) is 0 Å². The van der Waals surface area contributed by atoms with Gasteiger partial charge in [-0.05, 0) is 37.1 Å². The number of hydrogen-bond acceptors (Lipinski definition) is 3. The summed E-state index contributed by atoms with van der Waals surface area (Å²) < 4.78 is 10.8. The highest BCUT2D eigenvalue weighted by molar-refractivity contribution is 5.86. The van der Waals surface area contributed by atoms with Gasteiger partial charge < -0.3 is 9.47 Å². The minimum atomic E-state index is -0.394. The van der Waals surface area contributed by atoms with E-state index in [9.17, 15) is 4.79 Å². The Balaban J connectivity index is 1.91. The molecule has 2 rings (SSSR count). The van der Waals surface area contributed by atoms with Gasteiger partial charge in [0.25, 0.3) is 0 Å². The molecule has 0 bridgehead atoms. The van der Waals surface area contributed by atoms with Crippen LogP contribution in [0.25, 0.3) is 11.1 Å². The molecule has 0 fully saturated rings. The third-order valence-electron chi connectivity index (χ3n) is 3.10. The Labute approximate surface area is 131 Å². The molecule has 0 aromatic heterocycles. The van der Waals surface area contributed by atoms with Crippen molar-refractivity contribution in [3.63, 3.8) is 0 Å². The second-order valence-electron chi connectivity index (χ2n) is 5.20. The van der Waals surface area contributed by atoms with Gasteiger partial charge in [0, 0.05) is 5.57 Å². The van der Waals surface area contributed by atoms with Crippen LogP contribution in [0.15, 0.2) is 66.7 Å². The molecule has 1 atom stereocenters. The first-order valence-electron chi connectivity index (χ1n) is 7.21. The van der Waals surface area contributed by atoms with Crippen LogP contribution in [0.2, 0.25) is 0 Å². The standard InChI is InChI=1S/C19H20O3/c1-14(2)19(20)21-13-15(3)22-18-11-9-17(10-12-18)16-7-5-4-6-8-16/h4-12,15H,1,13H2,2-3H3. The van der Waals surface area contributed by atoms with Crippen LogP contribution in [-0.4, -0.2) is 18.7 Å². The monoisotopic (exact) mass is 296 g/mol. The van der Waals surface area contributed by atoms with Crippen LogP contribution in [0.4, 0.5) is 0 Å². The second kappa shape index (κ2) is 7.46. The molecule has 0 saturated carbocycles. The molecule has 0 aliphatic heterocycles. The van der Waals surface area contributed by atoms with Crippen LogP contribution >= 0.6 is 0 Å². The molecule has 1 unspecified atom stereocenters. The van der Waals surface area contributed by atoms with Gasteiger partial charge in [-0.15, -0.1) is 0 Å². The van der Waals surface area contributed by atoms with Crippen molar-refractivity contribution in [2.45, 2.75) is 20.0 Å². The van der Waals surface area contributed by atoms with Crippen molar-refractivity contribution >= 4 is 5.97 Å². The second-order valence-corrected chi connectivity index (χ2v) is 5.20. The van der Waals surface area contributed by atoms with Crippen molar-refractivity contribution in [1.82, 2.24) is 0 Å². The van der Waals surface area contributed by atoms with Gasteiger partial charge in [0.1, 0.15) is 18.5 Å². The van der Waals surface area contributed by atoms with Gasteiger partial charge in [0.2, 0.25) is 0 Å². The fourth-order valence-corrected chi connectivity index (χ4v) is 1.94. The summed E-state index contributed by atoms with van der Waals surface area (Å²) in [6, 6.07) is 18.0. The Morgan fingerprint density at radius 2 is 1.64 bits per heavy atom. The minimum absolute atomic E-state index is 0.201. The summed E-state index contributed by atoms with van der Waals surface area (Å²) in [5.41, 5.74) is 2.69. The average molecular weight is 296 g/mol. The SMILES string of the molecule is C=C(C)C(=O)OCC(C)Oc1ccc(-c2ccccc2)cc1. The highest BCUT2D eigenvalue weighted by Crippen LogP contribution is 2.22. The molecule has 114 valence electrons. The Kier molecular flexibility index (Phi) is 5.37. The fourth-order valence-electron chi connectivity index (χ4n) is 1.94. The highest BCUT2D eigenvalue weighted by atomic mass is 16.6. The summed E-state index contributed by atoms with van der Waals surface area (Å²) in [6.45, 7) is 7.22. The molecule has 0 radical (unpaired) electrons. The lowest BCUT2D eigenvalue weighted by Gasteiger charge is -2.15. The van der Waals surface area contributed by atoms with Crippen molar-refractivity contribution in [2.75, 3.05) is 6.61 Å². The van der Waals surface area contributed by atoms with Crippen LogP contribution < -0.4 is 4.74 Å². The molecule has 0 heterocycles. The summed E-state index contributed by atoms with van der Waals surface area (Å²) in [7, 11) is 0. The van der Waals surface area contributed by atoms with Crippen molar-refractivity contribution in [2.24, 2.45) is 0 Å². The van der Waals surface area contributed by atoms with Crippen molar-refractivity contribution in [3.05, 3.63) is 66.7 Å². The van der Waals surface area contributed by atoms with E-state index in [-0.39, 0.29) is 12.7 Å². The maximum absolute atomic E-state index is 11.3. The van der Waals surface area contributed by atoms with Crippen LogP contribution in [-0.2, 0) is 9.53 Å². The zero-order chi connectivity index (χ0) is 15.9. The Morgan fingerprint density at radius 3 is 2.23 bits per heavy atom. The number of carbonyl (C=O) groups is 1. The molecule has 0 N–H and O–H groups in total. The van der Waals surface area contributed by atoms with Crippen molar-refractivity contribution in [1.29, 1.82) is 0 Å². The summed E-state index contributed by atoms with van der Waals surface area (Å²) in [5.74, 6) is 0.355. The maximum atomic E-state index is 11.3. The van der Waals surface area contributed by atoms with Gasteiger partial charge in [-0.3, -0.25) is 0 Å². The van der Waals surface area contributed by atoms with Gasteiger partial charge in [-0.25, -0.2) is 4.79 Å². The van der Waals surface area contributed by atoms with Gasteiger partial charge in [-0.2, -0.15) is 0 Å². The molecule has 3 nitrogen and oxygen atoms in total. The van der Waals surface area contributed by atoms with Gasteiger partial charge in [-0.1, -0.05) is 49.0 Å². The van der Waals surface area contributed by atoms with Crippen LogP contribution in [0.3, 0.4) is 0 Å². The minimum Gasteiger partial charge on any atom is -0.487 e. The average Bonchev–Trinajstić information content (AvgIpc) is 2.54. The number of esters is 1. The Morgan fingerprint density at radius 1 is 1.05 bits per heavy atom. The molecule has 0 spiro atoms. The molecule has 3 heteroatoms. The molecule has 2 aromatic carbocycles. The molecule has 0 aliphatic rings. The molecular weight excluding hydrogens is 276 g/mol. The summed E-state index contributed by atoms with van der Waals surface area (Å²) in [6.07, 6.45) is -0.217. The lowest BCUT2D eigenvalue weighted by atomic mass is 10.1. The van der Waals surface area contributed by atoms with E-state index in [0.717, 1.165) is 16.9 Å². The molecule has 0 amide bonds. The summed E-state index contributed by atoms with van der Waals surface area (Å²) >= 11 is 0. The fraction of sp³-hybridized carbons (Fsp3) is 0.211. The van der Waals surface area contributed by atoms with E-state index < -0.39 is 5.97 Å². The zero-order valence-corrected chi connectivity index (χ0v) is 12.9. The lowest BCUT2D eigenvalue weighted by Crippen LogP contribution is -2.21. The smallest absolute Gasteiger partial charge is 0.333 e. The van der Waals surface area contributed by atoms with E-state index in [1.54, 1.807) is 6.92 Å². The van der Waals surface area contributed by atoms with E-state index >= 15 is 0 Å². The first kappa shape index (κ1) is 15.8. The van der Waals surface area contributed by atoms with E-state index in [0.29, 0.717) is 5.57 Å². The molecule has 2 aromatic rings. The van der Waals surface area contributed by atoms with Gasteiger partial charge in [0.05, 0.1) is 0 Å². The predicted molar refractivity (Wildman–Crippen MR) is 87.7 cm³/mol. The topological polar surface area (TPSA) is 35.5 Å². The van der Waals surface area contributed by atoms with Crippen LogP contribution in [0.1, 0.15) is 13.8 Å². The summed E-state index contributed by atoms with van der Waals surface area (Å²) in [5, 5.41) is 0. The quantitative estimate of drug-likeness (QED) is 0.591. The number of benzene rings is 2. The van der Waals surface area contributed by atoms with E-state index in [4.69, 9.17) is 9.47 Å². The van der Waals surface area contributed by atoms with Crippen LogP contribution in [0, 0.1) is 0 Å². The molecular formula is C19H20O3. The number of carbonyl (C=O) groups excluding carboxylic acids is 1. The number of rotatable bonds is 6. The number of ether oxygens (including phenoxy) is 2.